The molecular formula is C22H32N6O3. The van der Waals surface area contributed by atoms with Crippen LogP contribution in [0.15, 0.2) is 33.7 Å². The van der Waals surface area contributed by atoms with Crippen molar-refractivity contribution in [3.8, 4) is 5.75 Å². The summed E-state index contributed by atoms with van der Waals surface area (Å²) in [6.45, 7) is 8.34. The van der Waals surface area contributed by atoms with E-state index in [1.807, 2.05) is 56.7 Å². The van der Waals surface area contributed by atoms with Crippen molar-refractivity contribution in [2.24, 2.45) is 12.0 Å². The molecular weight excluding hydrogens is 396 g/mol. The van der Waals surface area contributed by atoms with Gasteiger partial charge in [0.15, 0.2) is 23.1 Å². The molecule has 3 aromatic rings. The van der Waals surface area contributed by atoms with Crippen LogP contribution >= 0.6 is 0 Å². The van der Waals surface area contributed by atoms with Crippen molar-refractivity contribution in [3.05, 3.63) is 41.7 Å². The van der Waals surface area contributed by atoms with E-state index in [0.717, 1.165) is 47.1 Å². The van der Waals surface area contributed by atoms with Crippen LogP contribution in [0.25, 0.3) is 11.0 Å². The fraction of sp³-hybridized carbons (Fsp3) is 0.500. The van der Waals surface area contributed by atoms with E-state index in [-0.39, 0.29) is 6.04 Å². The summed E-state index contributed by atoms with van der Waals surface area (Å²) in [6, 6.07) is 7.84. The Morgan fingerprint density at radius 1 is 1.32 bits per heavy atom. The first-order chi connectivity index (χ1) is 15.0. The third-order valence-corrected chi connectivity index (χ3v) is 4.99. The van der Waals surface area contributed by atoms with Gasteiger partial charge < -0.3 is 29.1 Å². The molecule has 2 N–H and O–H groups in total. The molecule has 168 valence electrons. The van der Waals surface area contributed by atoms with E-state index < -0.39 is 0 Å². The summed E-state index contributed by atoms with van der Waals surface area (Å²) in [5.74, 6) is 3.89. The summed E-state index contributed by atoms with van der Waals surface area (Å²) in [7, 11) is 3.64. The minimum absolute atomic E-state index is 0.100. The third kappa shape index (κ3) is 5.75. The Kier molecular flexibility index (Phi) is 7.88. The second-order valence-corrected chi connectivity index (χ2v) is 7.28. The van der Waals surface area contributed by atoms with Crippen LogP contribution in [0.4, 0.5) is 0 Å². The summed E-state index contributed by atoms with van der Waals surface area (Å²) in [5.41, 5.74) is 0.758. The molecule has 0 radical (unpaired) electrons. The molecule has 1 aromatic carbocycles. The summed E-state index contributed by atoms with van der Waals surface area (Å²) in [6.07, 6.45) is 0.872. The first kappa shape index (κ1) is 22.6. The van der Waals surface area contributed by atoms with Gasteiger partial charge in [-0.05, 0) is 39.3 Å². The lowest BCUT2D eigenvalue weighted by molar-refractivity contribution is 0.195. The van der Waals surface area contributed by atoms with E-state index in [4.69, 9.17) is 18.9 Å². The Morgan fingerprint density at radius 2 is 2.16 bits per heavy atom. The van der Waals surface area contributed by atoms with E-state index in [0.29, 0.717) is 25.7 Å². The van der Waals surface area contributed by atoms with Gasteiger partial charge in [-0.3, -0.25) is 0 Å². The number of rotatable bonds is 10. The average molecular weight is 429 g/mol. The van der Waals surface area contributed by atoms with Gasteiger partial charge in [-0.25, -0.2) is 4.99 Å². The van der Waals surface area contributed by atoms with E-state index in [9.17, 15) is 0 Å². The number of aliphatic imine (C=N–C) groups is 1. The van der Waals surface area contributed by atoms with Gasteiger partial charge in [-0.2, -0.15) is 0 Å². The van der Waals surface area contributed by atoms with Crippen LogP contribution in [-0.4, -0.2) is 47.6 Å². The number of guanidine groups is 1. The van der Waals surface area contributed by atoms with E-state index in [1.165, 1.54) is 0 Å². The Morgan fingerprint density at radius 3 is 2.87 bits per heavy atom. The summed E-state index contributed by atoms with van der Waals surface area (Å²) in [4.78, 5) is 4.70. The number of hydrogen-bond donors (Lipinski definition) is 2. The molecule has 0 spiro atoms. The number of nitrogens with one attached hydrogen (secondary N) is 2. The van der Waals surface area contributed by atoms with Gasteiger partial charge >= 0.3 is 0 Å². The molecule has 0 fully saturated rings. The van der Waals surface area contributed by atoms with Crippen molar-refractivity contribution >= 4 is 16.9 Å². The molecule has 0 amide bonds. The zero-order valence-corrected chi connectivity index (χ0v) is 18.9. The van der Waals surface area contributed by atoms with Crippen LogP contribution < -0.4 is 15.4 Å². The molecule has 2 aromatic heterocycles. The fourth-order valence-corrected chi connectivity index (χ4v) is 3.13. The minimum atomic E-state index is -0.100. The number of hydrogen-bond acceptors (Lipinski definition) is 6. The highest BCUT2D eigenvalue weighted by Gasteiger charge is 2.16. The van der Waals surface area contributed by atoms with Crippen molar-refractivity contribution in [2.45, 2.75) is 39.8 Å². The third-order valence-electron chi connectivity index (χ3n) is 4.99. The lowest BCUT2D eigenvalue weighted by Gasteiger charge is -2.17. The normalized spacial score (nSPS) is 12.9. The maximum Gasteiger partial charge on any atom is 0.192 e. The van der Waals surface area contributed by atoms with Gasteiger partial charge in [-0.1, -0.05) is 12.1 Å². The molecule has 0 aliphatic rings. The van der Waals surface area contributed by atoms with E-state index in [2.05, 4.69) is 20.8 Å². The number of methoxy groups -OCH3 is 1. The number of aromatic nitrogens is 3. The molecule has 0 bridgehead atoms. The molecule has 0 aliphatic heterocycles. The van der Waals surface area contributed by atoms with E-state index in [1.54, 1.807) is 7.11 Å². The highest BCUT2D eigenvalue weighted by molar-refractivity contribution is 5.84. The van der Waals surface area contributed by atoms with Gasteiger partial charge in [0.05, 0.1) is 12.6 Å². The van der Waals surface area contributed by atoms with Crippen LogP contribution in [0, 0.1) is 6.92 Å². The summed E-state index contributed by atoms with van der Waals surface area (Å²) in [5, 5.41) is 16.1. The van der Waals surface area contributed by atoms with Crippen LogP contribution in [-0.2, 0) is 18.3 Å². The number of ether oxygens (including phenoxy) is 2. The zero-order chi connectivity index (χ0) is 22.2. The average Bonchev–Trinajstić information content (AvgIpc) is 3.34. The number of benzene rings is 1. The quantitative estimate of drug-likeness (QED) is 0.291. The SMILES string of the molecule is CCOc1cccc2cc(C(C)NC(=NCc3nnc(C)n3C)NCCCOC)oc12. The molecule has 1 unspecified atom stereocenters. The Hall–Kier alpha value is -3.07. The molecule has 3 rings (SSSR count). The predicted molar refractivity (Wildman–Crippen MR) is 120 cm³/mol. The van der Waals surface area contributed by atoms with Crippen molar-refractivity contribution in [1.82, 2.24) is 25.4 Å². The number of fused-ring (bicyclic) bond motifs is 1. The van der Waals surface area contributed by atoms with Gasteiger partial charge in [0.25, 0.3) is 0 Å². The van der Waals surface area contributed by atoms with E-state index >= 15 is 0 Å². The number of aryl methyl sites for hydroxylation is 1. The minimum Gasteiger partial charge on any atom is -0.490 e. The summed E-state index contributed by atoms with van der Waals surface area (Å²) < 4.78 is 18.9. The first-order valence-corrected chi connectivity index (χ1v) is 10.6. The van der Waals surface area contributed by atoms with Gasteiger partial charge in [0.2, 0.25) is 0 Å². The van der Waals surface area contributed by atoms with Gasteiger partial charge in [0, 0.05) is 32.7 Å². The molecule has 9 nitrogen and oxygen atoms in total. The largest absolute Gasteiger partial charge is 0.490 e. The van der Waals surface area contributed by atoms with Gasteiger partial charge in [0.1, 0.15) is 18.1 Å². The molecule has 31 heavy (non-hydrogen) atoms. The van der Waals surface area contributed by atoms with Crippen LogP contribution in [0.2, 0.25) is 0 Å². The summed E-state index contributed by atoms with van der Waals surface area (Å²) >= 11 is 0. The topological polar surface area (TPSA) is 98.7 Å². The molecule has 9 heteroatoms. The maximum atomic E-state index is 6.13. The Balaban J connectivity index is 1.75. The van der Waals surface area contributed by atoms with Gasteiger partial charge in [-0.15, -0.1) is 10.2 Å². The molecule has 0 aliphatic carbocycles. The molecule has 0 saturated heterocycles. The standard InChI is InChI=1S/C22H32N6O3/c1-6-30-18-10-7-9-17-13-19(31-21(17)18)15(2)25-22(23-11-8-12-29-5)24-14-20-27-26-16(3)28(20)4/h7,9-10,13,15H,6,8,11-12,14H2,1-5H3,(H2,23,24,25). The predicted octanol–water partition coefficient (Wildman–Crippen LogP) is 3.10. The van der Waals surface area contributed by atoms with Crippen molar-refractivity contribution < 1.29 is 13.9 Å². The molecule has 2 heterocycles. The molecule has 1 atom stereocenters. The highest BCUT2D eigenvalue weighted by atomic mass is 16.5. The second kappa shape index (κ2) is 10.8. The smallest absolute Gasteiger partial charge is 0.192 e. The Bertz CT molecular complexity index is 1010. The fourth-order valence-electron chi connectivity index (χ4n) is 3.13. The lowest BCUT2D eigenvalue weighted by atomic mass is 10.2. The van der Waals surface area contributed by atoms with Crippen molar-refractivity contribution in [3.63, 3.8) is 0 Å². The second-order valence-electron chi connectivity index (χ2n) is 7.28. The maximum absolute atomic E-state index is 6.13. The number of para-hydroxylation sites is 1. The van der Waals surface area contributed by atoms with Crippen LogP contribution in [0.1, 0.15) is 43.7 Å². The number of furan rings is 1. The number of nitrogens with zero attached hydrogens (tertiary/aromatic N) is 4. The first-order valence-electron chi connectivity index (χ1n) is 10.6. The lowest BCUT2D eigenvalue weighted by Crippen LogP contribution is -2.39. The highest BCUT2D eigenvalue weighted by Crippen LogP contribution is 2.31. The van der Waals surface area contributed by atoms with Crippen LogP contribution in [0.5, 0.6) is 5.75 Å². The van der Waals surface area contributed by atoms with Crippen molar-refractivity contribution in [2.75, 3.05) is 26.9 Å². The zero-order valence-electron chi connectivity index (χ0n) is 18.9. The van der Waals surface area contributed by atoms with Crippen LogP contribution in [0.3, 0.4) is 0 Å². The molecule has 0 saturated carbocycles. The van der Waals surface area contributed by atoms with Crippen molar-refractivity contribution in [1.29, 1.82) is 0 Å². The monoisotopic (exact) mass is 428 g/mol. The Labute approximate surface area is 182 Å².